The fourth-order valence-electron chi connectivity index (χ4n) is 5.96. The van der Waals surface area contributed by atoms with Crippen molar-refractivity contribution in [3.63, 3.8) is 0 Å². The van der Waals surface area contributed by atoms with Crippen LogP contribution in [0.15, 0.2) is 54.6 Å². The van der Waals surface area contributed by atoms with Crippen LogP contribution >= 0.6 is 0 Å². The van der Waals surface area contributed by atoms with Crippen molar-refractivity contribution in [2.24, 2.45) is 5.92 Å². The van der Waals surface area contributed by atoms with Gasteiger partial charge in [0, 0.05) is 31.6 Å². The highest BCUT2D eigenvalue weighted by Gasteiger charge is 2.50. The number of hydrogen-bond donors (Lipinski definition) is 1. The number of amides is 1. The predicted molar refractivity (Wildman–Crippen MR) is 112 cm³/mol. The van der Waals surface area contributed by atoms with Gasteiger partial charge in [-0.3, -0.25) is 4.79 Å². The number of likely N-dealkylation sites (tertiary alicyclic amines) is 1. The summed E-state index contributed by atoms with van der Waals surface area (Å²) in [5, 5.41) is 3.58. The van der Waals surface area contributed by atoms with E-state index < -0.39 is 0 Å². The molecule has 0 unspecified atom stereocenters. The third kappa shape index (κ3) is 2.97. The summed E-state index contributed by atoms with van der Waals surface area (Å²) in [5.41, 5.74) is 4.32. The fraction of sp³-hybridized carbons (Fsp3) is 0.480. The molecule has 0 saturated carbocycles. The van der Waals surface area contributed by atoms with Crippen LogP contribution in [0.5, 0.6) is 0 Å². The minimum absolute atomic E-state index is 0.00219. The van der Waals surface area contributed by atoms with Crippen molar-refractivity contribution in [1.29, 1.82) is 0 Å². The Morgan fingerprint density at radius 2 is 1.75 bits per heavy atom. The number of rotatable bonds is 2. The highest BCUT2D eigenvalue weighted by atomic mass is 16.2. The number of aryl methyl sites for hydroxylation is 1. The molecule has 3 nitrogen and oxygen atoms in total. The summed E-state index contributed by atoms with van der Waals surface area (Å²) in [5.74, 6) is 1.06. The first-order chi connectivity index (χ1) is 13.8. The van der Waals surface area contributed by atoms with E-state index in [0.29, 0.717) is 11.8 Å². The summed E-state index contributed by atoms with van der Waals surface area (Å²) >= 11 is 0. The average molecular weight is 375 g/mol. The normalized spacial score (nSPS) is 27.7. The van der Waals surface area contributed by atoms with Gasteiger partial charge in [0.2, 0.25) is 5.91 Å². The molecule has 3 heteroatoms. The Kier molecular flexibility index (Phi) is 4.72. The lowest BCUT2D eigenvalue weighted by Crippen LogP contribution is -2.49. The molecule has 2 fully saturated rings. The quantitative estimate of drug-likeness (QED) is 0.865. The molecule has 1 amide bonds. The zero-order chi connectivity index (χ0) is 19.0. The molecule has 2 heterocycles. The van der Waals surface area contributed by atoms with Crippen LogP contribution in [0.1, 0.15) is 48.3 Å². The second-order valence-electron chi connectivity index (χ2n) is 8.86. The number of nitrogens with one attached hydrogen (secondary N) is 1. The first-order valence-corrected chi connectivity index (χ1v) is 10.9. The predicted octanol–water partition coefficient (Wildman–Crippen LogP) is 3.89. The van der Waals surface area contributed by atoms with Gasteiger partial charge in [-0.25, -0.2) is 0 Å². The lowest BCUT2D eigenvalue weighted by Gasteiger charge is -2.42. The maximum Gasteiger partial charge on any atom is 0.227 e. The highest BCUT2D eigenvalue weighted by Crippen LogP contribution is 2.46. The van der Waals surface area contributed by atoms with Crippen LogP contribution < -0.4 is 5.32 Å². The van der Waals surface area contributed by atoms with Crippen molar-refractivity contribution < 1.29 is 4.79 Å². The summed E-state index contributed by atoms with van der Waals surface area (Å²) < 4.78 is 0. The maximum absolute atomic E-state index is 13.6. The van der Waals surface area contributed by atoms with Crippen LogP contribution in [0.4, 0.5) is 0 Å². The number of carbonyl (C=O) groups is 1. The van der Waals surface area contributed by atoms with Gasteiger partial charge in [0.25, 0.3) is 0 Å². The molecule has 2 atom stereocenters. The molecule has 2 aliphatic heterocycles. The van der Waals surface area contributed by atoms with Gasteiger partial charge in [-0.2, -0.15) is 0 Å². The van der Waals surface area contributed by atoms with E-state index in [0.717, 1.165) is 51.9 Å². The monoisotopic (exact) mass is 374 g/mol. The molecular weight excluding hydrogens is 344 g/mol. The van der Waals surface area contributed by atoms with E-state index in [1.165, 1.54) is 23.1 Å². The third-order valence-corrected chi connectivity index (χ3v) is 7.45. The van der Waals surface area contributed by atoms with Gasteiger partial charge in [-0.15, -0.1) is 0 Å². The van der Waals surface area contributed by atoms with Crippen LogP contribution in [0.2, 0.25) is 0 Å². The first kappa shape index (κ1) is 17.9. The van der Waals surface area contributed by atoms with Gasteiger partial charge in [-0.1, -0.05) is 54.6 Å². The molecule has 1 N–H and O–H groups in total. The van der Waals surface area contributed by atoms with Crippen LogP contribution in [0.25, 0.3) is 0 Å². The standard InChI is InChI=1S/C25H30N2O/c28-24(27-15-12-20(13-16-27)19-7-2-1-3-8-19)23-17-26-18-25(23)14-6-10-21-9-4-5-11-22(21)25/h1-5,7-9,11,20,23,26H,6,10,12-18H2/t23-,25+/m0/s1. The minimum atomic E-state index is 0.00219. The number of hydrogen-bond acceptors (Lipinski definition) is 2. The fourth-order valence-corrected chi connectivity index (χ4v) is 5.96. The van der Waals surface area contributed by atoms with E-state index >= 15 is 0 Å². The van der Waals surface area contributed by atoms with Gasteiger partial charge in [-0.05, 0) is 54.7 Å². The van der Waals surface area contributed by atoms with E-state index in [9.17, 15) is 4.79 Å². The van der Waals surface area contributed by atoms with Gasteiger partial charge in [0.1, 0.15) is 0 Å². The second-order valence-corrected chi connectivity index (χ2v) is 8.86. The smallest absolute Gasteiger partial charge is 0.227 e. The Morgan fingerprint density at radius 1 is 1.00 bits per heavy atom. The van der Waals surface area contributed by atoms with Gasteiger partial charge in [0.05, 0.1) is 5.92 Å². The lowest BCUT2D eigenvalue weighted by atomic mass is 9.64. The van der Waals surface area contributed by atoms with Crippen LogP contribution in [0, 0.1) is 5.92 Å². The molecule has 2 saturated heterocycles. The number of piperidine rings is 1. The molecule has 0 aromatic heterocycles. The topological polar surface area (TPSA) is 32.3 Å². The third-order valence-electron chi connectivity index (χ3n) is 7.45. The van der Waals surface area contributed by atoms with Crippen LogP contribution in [-0.2, 0) is 16.6 Å². The molecule has 1 spiro atoms. The Balaban J connectivity index is 1.34. The highest BCUT2D eigenvalue weighted by molar-refractivity contribution is 5.82. The molecule has 28 heavy (non-hydrogen) atoms. The Morgan fingerprint density at radius 3 is 2.57 bits per heavy atom. The zero-order valence-corrected chi connectivity index (χ0v) is 16.6. The van der Waals surface area contributed by atoms with Crippen molar-refractivity contribution in [2.75, 3.05) is 26.2 Å². The zero-order valence-electron chi connectivity index (χ0n) is 16.6. The molecular formula is C25H30N2O. The molecule has 1 aliphatic carbocycles. The molecule has 2 aromatic carbocycles. The summed E-state index contributed by atoms with van der Waals surface area (Å²) in [6, 6.07) is 19.6. The number of fused-ring (bicyclic) bond motifs is 2. The molecule has 0 bridgehead atoms. The van der Waals surface area contributed by atoms with Crippen molar-refractivity contribution in [1.82, 2.24) is 10.2 Å². The second kappa shape index (κ2) is 7.36. The van der Waals surface area contributed by atoms with Crippen molar-refractivity contribution in [2.45, 2.75) is 43.4 Å². The van der Waals surface area contributed by atoms with E-state index in [2.05, 4.69) is 64.8 Å². The lowest BCUT2D eigenvalue weighted by molar-refractivity contribution is -0.138. The number of benzene rings is 2. The molecule has 2 aromatic rings. The Hall–Kier alpha value is -2.13. The van der Waals surface area contributed by atoms with E-state index in [4.69, 9.17) is 0 Å². The Labute approximate surface area is 168 Å². The Bertz CT molecular complexity index is 841. The van der Waals surface area contributed by atoms with Gasteiger partial charge in [0.15, 0.2) is 0 Å². The van der Waals surface area contributed by atoms with Crippen molar-refractivity contribution >= 4 is 5.91 Å². The van der Waals surface area contributed by atoms with Crippen molar-refractivity contribution in [3.8, 4) is 0 Å². The molecule has 146 valence electrons. The van der Waals surface area contributed by atoms with Crippen LogP contribution in [-0.4, -0.2) is 37.0 Å². The average Bonchev–Trinajstić information content (AvgIpc) is 3.18. The number of nitrogens with zero attached hydrogens (tertiary/aromatic N) is 1. The van der Waals surface area contributed by atoms with Gasteiger partial charge >= 0.3 is 0 Å². The first-order valence-electron chi connectivity index (χ1n) is 10.9. The summed E-state index contributed by atoms with van der Waals surface area (Å²) in [6.45, 7) is 3.56. The number of carbonyl (C=O) groups excluding carboxylic acids is 1. The summed E-state index contributed by atoms with van der Waals surface area (Å²) in [6.07, 6.45) is 5.65. The molecule has 5 rings (SSSR count). The largest absolute Gasteiger partial charge is 0.342 e. The van der Waals surface area contributed by atoms with Crippen LogP contribution in [0.3, 0.4) is 0 Å². The molecule has 3 aliphatic rings. The SMILES string of the molecule is O=C([C@@H]1CNC[C@@]12CCCc1ccccc12)N1CCC(c2ccccc2)CC1. The van der Waals surface area contributed by atoms with E-state index in [1.54, 1.807) is 0 Å². The summed E-state index contributed by atoms with van der Waals surface area (Å²) in [7, 11) is 0. The minimum Gasteiger partial charge on any atom is -0.342 e. The summed E-state index contributed by atoms with van der Waals surface area (Å²) in [4.78, 5) is 15.8. The van der Waals surface area contributed by atoms with E-state index in [1.807, 2.05) is 0 Å². The maximum atomic E-state index is 13.6. The van der Waals surface area contributed by atoms with E-state index in [-0.39, 0.29) is 11.3 Å². The van der Waals surface area contributed by atoms with Gasteiger partial charge < -0.3 is 10.2 Å². The van der Waals surface area contributed by atoms with Crippen molar-refractivity contribution in [3.05, 3.63) is 71.3 Å². The molecule has 0 radical (unpaired) electrons.